The smallest absolute Gasteiger partial charge is 0.155 e. The number of pyridine rings is 2. The van der Waals surface area contributed by atoms with Crippen LogP contribution in [-0.4, -0.2) is 29.5 Å². The number of aromatic nitrogens is 6. The Morgan fingerprint density at radius 3 is 2.73 bits per heavy atom. The van der Waals surface area contributed by atoms with Crippen LogP contribution in [0.1, 0.15) is 11.5 Å². The topological polar surface area (TPSA) is 83.8 Å². The van der Waals surface area contributed by atoms with Crippen LogP contribution in [0.25, 0.3) is 28.3 Å². The molecule has 5 aromatic rings. The van der Waals surface area contributed by atoms with Gasteiger partial charge in [0.05, 0.1) is 29.3 Å². The Hall–Kier alpha value is -4.07. The van der Waals surface area contributed by atoms with Crippen LogP contribution in [0.3, 0.4) is 0 Å². The van der Waals surface area contributed by atoms with Crippen molar-refractivity contribution in [3.8, 4) is 22.6 Å². The van der Waals surface area contributed by atoms with Gasteiger partial charge in [-0.2, -0.15) is 5.10 Å². The van der Waals surface area contributed by atoms with Gasteiger partial charge in [0.2, 0.25) is 0 Å². The highest BCUT2D eigenvalue weighted by Gasteiger charge is 2.17. The number of hydrogen-bond acceptors (Lipinski definition) is 5. The minimum absolute atomic E-state index is 0.337. The Bertz CT molecular complexity index is 1320. The molecule has 0 atom stereocenters. The number of nitrogens with one attached hydrogen (secondary N) is 2. The van der Waals surface area contributed by atoms with Crippen LogP contribution < -0.4 is 5.32 Å². The number of hydrogen-bond donors (Lipinski definition) is 2. The molecule has 0 aliphatic carbocycles. The lowest BCUT2D eigenvalue weighted by Crippen LogP contribution is -2.01. The van der Waals surface area contributed by atoms with E-state index >= 15 is 0 Å². The zero-order valence-corrected chi connectivity index (χ0v) is 16.2. The average Bonchev–Trinajstić information content (AvgIpc) is 3.41. The van der Waals surface area contributed by atoms with Gasteiger partial charge in [-0.15, -0.1) is 0 Å². The van der Waals surface area contributed by atoms with Gasteiger partial charge in [-0.1, -0.05) is 18.2 Å². The van der Waals surface area contributed by atoms with Gasteiger partial charge in [0.1, 0.15) is 18.0 Å². The Morgan fingerprint density at radius 1 is 1.03 bits per heavy atom. The van der Waals surface area contributed by atoms with Crippen molar-refractivity contribution in [1.82, 2.24) is 29.5 Å². The van der Waals surface area contributed by atoms with Crippen molar-refractivity contribution in [2.24, 2.45) is 0 Å². The average molecular weight is 399 g/mol. The van der Waals surface area contributed by atoms with E-state index in [9.17, 15) is 4.39 Å². The number of halogens is 1. The van der Waals surface area contributed by atoms with Gasteiger partial charge < -0.3 is 10.3 Å². The first kappa shape index (κ1) is 18.0. The Balaban J connectivity index is 1.57. The van der Waals surface area contributed by atoms with Gasteiger partial charge in [0, 0.05) is 17.4 Å². The highest BCUT2D eigenvalue weighted by molar-refractivity contribution is 5.77. The summed E-state index contributed by atoms with van der Waals surface area (Å²) in [6, 6.07) is 16.8. The normalized spacial score (nSPS) is 11.1. The molecule has 4 heterocycles. The van der Waals surface area contributed by atoms with Crippen LogP contribution in [0.4, 0.5) is 10.1 Å². The number of para-hydroxylation sites is 1. The molecule has 0 radical (unpaired) electrons. The van der Waals surface area contributed by atoms with Crippen LogP contribution in [-0.2, 0) is 6.54 Å². The van der Waals surface area contributed by atoms with Crippen molar-refractivity contribution in [3.63, 3.8) is 0 Å². The maximum absolute atomic E-state index is 13.8. The van der Waals surface area contributed by atoms with Crippen molar-refractivity contribution in [3.05, 3.63) is 84.5 Å². The summed E-state index contributed by atoms with van der Waals surface area (Å²) < 4.78 is 15.5. The fraction of sp³-hybridized carbons (Fsp3) is 0.0909. The monoisotopic (exact) mass is 399 g/mol. The van der Waals surface area contributed by atoms with Gasteiger partial charge in [0.15, 0.2) is 5.65 Å². The molecule has 7 nitrogen and oxygen atoms in total. The quantitative estimate of drug-likeness (QED) is 0.462. The van der Waals surface area contributed by atoms with E-state index in [4.69, 9.17) is 4.98 Å². The predicted molar refractivity (Wildman–Crippen MR) is 112 cm³/mol. The lowest BCUT2D eigenvalue weighted by molar-refractivity contribution is 0.610. The molecule has 0 aliphatic rings. The van der Waals surface area contributed by atoms with Crippen LogP contribution in [0.15, 0.2) is 67.1 Å². The van der Waals surface area contributed by atoms with E-state index in [0.29, 0.717) is 17.9 Å². The molecular weight excluding hydrogens is 381 g/mol. The summed E-state index contributed by atoms with van der Waals surface area (Å²) >= 11 is 0. The zero-order chi connectivity index (χ0) is 20.5. The first-order valence-electron chi connectivity index (χ1n) is 9.48. The standard InChI is InChI=1S/C22H18FN7/c1-14-17(23)8-9-18(27-14)22-21(15-7-10-20-25-13-26-30(20)12-15)28-19(29-22)11-24-16-5-3-2-4-6-16/h2-10,12-13,24H,11H2,1H3,(H,28,29). The summed E-state index contributed by atoms with van der Waals surface area (Å²) in [5.74, 6) is 0.404. The molecule has 0 saturated carbocycles. The Labute approximate surface area is 171 Å². The molecule has 0 bridgehead atoms. The van der Waals surface area contributed by atoms with Crippen LogP contribution >= 0.6 is 0 Å². The second kappa shape index (κ2) is 7.40. The van der Waals surface area contributed by atoms with Gasteiger partial charge in [-0.25, -0.2) is 23.9 Å². The van der Waals surface area contributed by atoms with Crippen molar-refractivity contribution >= 4 is 11.3 Å². The predicted octanol–water partition coefficient (Wildman–Crippen LogP) is 4.24. The highest BCUT2D eigenvalue weighted by Crippen LogP contribution is 2.30. The molecule has 8 heteroatoms. The molecule has 0 amide bonds. The number of nitrogens with zero attached hydrogens (tertiary/aromatic N) is 5. The zero-order valence-electron chi connectivity index (χ0n) is 16.2. The minimum atomic E-state index is -0.338. The number of aromatic amines is 1. The van der Waals surface area contributed by atoms with Gasteiger partial charge in [-0.05, 0) is 43.3 Å². The molecule has 0 saturated heterocycles. The van der Waals surface area contributed by atoms with Crippen molar-refractivity contribution in [2.75, 3.05) is 5.32 Å². The van der Waals surface area contributed by atoms with Gasteiger partial charge >= 0.3 is 0 Å². The van der Waals surface area contributed by atoms with E-state index in [1.165, 1.54) is 12.4 Å². The van der Waals surface area contributed by atoms with Crippen LogP contribution in [0.5, 0.6) is 0 Å². The van der Waals surface area contributed by atoms with E-state index < -0.39 is 0 Å². The summed E-state index contributed by atoms with van der Waals surface area (Å²) in [7, 11) is 0. The molecule has 1 aromatic carbocycles. The summed E-state index contributed by atoms with van der Waals surface area (Å²) in [4.78, 5) is 16.7. The number of benzene rings is 1. The molecular formula is C22H18FN7. The summed E-state index contributed by atoms with van der Waals surface area (Å²) in [6.07, 6.45) is 3.37. The number of fused-ring (bicyclic) bond motifs is 1. The molecule has 0 aliphatic heterocycles. The lowest BCUT2D eigenvalue weighted by Gasteiger charge is -2.05. The third kappa shape index (κ3) is 3.39. The van der Waals surface area contributed by atoms with Crippen molar-refractivity contribution < 1.29 is 4.39 Å². The largest absolute Gasteiger partial charge is 0.378 e. The Kier molecular flexibility index (Phi) is 4.44. The third-order valence-corrected chi connectivity index (χ3v) is 4.81. The molecule has 30 heavy (non-hydrogen) atoms. The summed E-state index contributed by atoms with van der Waals surface area (Å²) in [6.45, 7) is 2.15. The molecule has 148 valence electrons. The fourth-order valence-electron chi connectivity index (χ4n) is 3.28. The molecule has 4 aromatic heterocycles. The SMILES string of the molecule is Cc1nc(-c2[nH]c(CNc3ccccc3)nc2-c2ccc3ncnn3c2)ccc1F. The first-order chi connectivity index (χ1) is 14.7. The van der Waals surface area contributed by atoms with E-state index in [2.05, 4.69) is 25.4 Å². The van der Waals surface area contributed by atoms with Crippen LogP contribution in [0, 0.1) is 12.7 Å². The second-order valence-electron chi connectivity index (χ2n) is 6.87. The molecule has 2 N–H and O–H groups in total. The van der Waals surface area contributed by atoms with E-state index in [0.717, 1.165) is 34.1 Å². The number of H-pyrrole nitrogens is 1. The van der Waals surface area contributed by atoms with Crippen molar-refractivity contribution in [1.29, 1.82) is 0 Å². The van der Waals surface area contributed by atoms with E-state index in [1.54, 1.807) is 17.5 Å². The Morgan fingerprint density at radius 2 is 1.90 bits per heavy atom. The molecule has 0 spiro atoms. The van der Waals surface area contributed by atoms with Crippen molar-refractivity contribution in [2.45, 2.75) is 13.5 Å². The van der Waals surface area contributed by atoms with E-state index in [-0.39, 0.29) is 5.82 Å². The molecule has 5 rings (SSSR count). The fourth-order valence-corrected chi connectivity index (χ4v) is 3.28. The van der Waals surface area contributed by atoms with E-state index in [1.807, 2.05) is 48.7 Å². The van der Waals surface area contributed by atoms with Gasteiger partial charge in [-0.3, -0.25) is 0 Å². The maximum Gasteiger partial charge on any atom is 0.155 e. The van der Waals surface area contributed by atoms with Gasteiger partial charge in [0.25, 0.3) is 0 Å². The highest BCUT2D eigenvalue weighted by atomic mass is 19.1. The van der Waals surface area contributed by atoms with Crippen LogP contribution in [0.2, 0.25) is 0 Å². The maximum atomic E-state index is 13.8. The second-order valence-corrected chi connectivity index (χ2v) is 6.87. The first-order valence-corrected chi connectivity index (χ1v) is 9.48. The number of imidazole rings is 1. The summed E-state index contributed by atoms with van der Waals surface area (Å²) in [5, 5.41) is 7.55. The molecule has 0 fully saturated rings. The number of rotatable bonds is 5. The summed E-state index contributed by atoms with van der Waals surface area (Å²) in [5.41, 5.74) is 5.01. The number of aryl methyl sites for hydroxylation is 1. The minimum Gasteiger partial charge on any atom is -0.378 e. The third-order valence-electron chi connectivity index (χ3n) is 4.81. The number of anilines is 1. The molecule has 0 unspecified atom stereocenters. The lowest BCUT2D eigenvalue weighted by atomic mass is 10.1.